The fraction of sp³-hybridized carbons (Fsp3) is 1.00. The molecule has 4 atom stereocenters. The van der Waals surface area contributed by atoms with Crippen LogP contribution < -0.4 is 5.32 Å². The van der Waals surface area contributed by atoms with Crippen molar-refractivity contribution < 1.29 is 4.39 Å². The van der Waals surface area contributed by atoms with Crippen LogP contribution in [0.4, 0.5) is 4.39 Å². The molecule has 1 saturated heterocycles. The highest BCUT2D eigenvalue weighted by Gasteiger charge is 2.56. The Morgan fingerprint density at radius 1 is 0.909 bits per heavy atom. The topological polar surface area (TPSA) is 12.0 Å². The van der Waals surface area contributed by atoms with Crippen molar-refractivity contribution in [1.82, 2.24) is 5.32 Å². The van der Waals surface area contributed by atoms with Crippen LogP contribution in [0.25, 0.3) is 0 Å². The lowest BCUT2D eigenvalue weighted by molar-refractivity contribution is 0.240. The first-order valence-corrected chi connectivity index (χ1v) is 4.72. The zero-order chi connectivity index (χ0) is 7.42. The molecular weight excluding hydrogens is 141 g/mol. The second-order valence-corrected chi connectivity index (χ2v) is 4.34. The van der Waals surface area contributed by atoms with Crippen LogP contribution in [0.5, 0.6) is 0 Å². The van der Waals surface area contributed by atoms with Gasteiger partial charge in [-0.25, -0.2) is 4.39 Å². The monoisotopic (exact) mass is 155 g/mol. The summed E-state index contributed by atoms with van der Waals surface area (Å²) in [6.07, 6.45) is 1.88. The van der Waals surface area contributed by atoms with Crippen molar-refractivity contribution in [3.8, 4) is 0 Å². The molecule has 4 unspecified atom stereocenters. The van der Waals surface area contributed by atoms with Crippen LogP contribution >= 0.6 is 0 Å². The molecule has 3 rings (SSSR count). The largest absolute Gasteiger partial charge is 0.316 e. The van der Waals surface area contributed by atoms with Crippen molar-refractivity contribution in [2.45, 2.75) is 19.0 Å². The van der Waals surface area contributed by atoms with E-state index in [1.807, 2.05) is 0 Å². The Bertz CT molecular complexity index is 155. The number of hydrogen-bond acceptors (Lipinski definition) is 1. The van der Waals surface area contributed by atoms with Gasteiger partial charge in [0, 0.05) is 0 Å². The smallest absolute Gasteiger partial charge is 0.106 e. The summed E-state index contributed by atoms with van der Waals surface area (Å²) in [5, 5.41) is 3.38. The van der Waals surface area contributed by atoms with E-state index in [0.29, 0.717) is 23.7 Å². The lowest BCUT2D eigenvalue weighted by Gasteiger charge is -2.21. The molecule has 62 valence electrons. The summed E-state index contributed by atoms with van der Waals surface area (Å²) < 4.78 is 13.5. The fourth-order valence-corrected chi connectivity index (χ4v) is 3.58. The molecule has 11 heavy (non-hydrogen) atoms. The zero-order valence-electron chi connectivity index (χ0n) is 6.59. The maximum atomic E-state index is 13.5. The first-order chi connectivity index (χ1) is 5.38. The normalized spacial score (nSPS) is 60.3. The average molecular weight is 155 g/mol. The highest BCUT2D eigenvalue weighted by molar-refractivity contribution is 5.06. The van der Waals surface area contributed by atoms with E-state index >= 15 is 0 Å². The molecule has 2 saturated carbocycles. The van der Waals surface area contributed by atoms with Crippen LogP contribution in [0.3, 0.4) is 0 Å². The van der Waals surface area contributed by atoms with Gasteiger partial charge in [-0.15, -0.1) is 0 Å². The van der Waals surface area contributed by atoms with E-state index in [9.17, 15) is 4.39 Å². The highest BCUT2D eigenvalue weighted by atomic mass is 19.1. The Balaban J connectivity index is 1.94. The van der Waals surface area contributed by atoms with E-state index in [-0.39, 0.29) is 0 Å². The molecule has 0 aromatic carbocycles. The first-order valence-electron chi connectivity index (χ1n) is 4.72. The molecular formula is C9H14FN. The third-order valence-electron chi connectivity index (χ3n) is 4.06. The summed E-state index contributed by atoms with van der Waals surface area (Å²) in [6, 6.07) is 0. The van der Waals surface area contributed by atoms with Crippen LogP contribution in [0.2, 0.25) is 0 Å². The zero-order valence-corrected chi connectivity index (χ0v) is 6.59. The molecule has 0 aromatic heterocycles. The van der Waals surface area contributed by atoms with Gasteiger partial charge >= 0.3 is 0 Å². The summed E-state index contributed by atoms with van der Waals surface area (Å²) in [7, 11) is 0. The minimum atomic E-state index is -0.438. The van der Waals surface area contributed by atoms with Crippen molar-refractivity contribution >= 4 is 0 Å². The quantitative estimate of drug-likeness (QED) is 0.554. The SMILES string of the molecule is FC1C2CCC1C1CNCC21. The number of alkyl halides is 1. The van der Waals surface area contributed by atoms with Gasteiger partial charge in [0.05, 0.1) is 0 Å². The van der Waals surface area contributed by atoms with Crippen LogP contribution in [-0.2, 0) is 0 Å². The maximum absolute atomic E-state index is 13.5. The van der Waals surface area contributed by atoms with Crippen molar-refractivity contribution in [2.75, 3.05) is 13.1 Å². The van der Waals surface area contributed by atoms with Crippen molar-refractivity contribution in [3.05, 3.63) is 0 Å². The third-order valence-corrected chi connectivity index (χ3v) is 4.06. The average Bonchev–Trinajstić information content (AvgIpc) is 2.61. The Labute approximate surface area is 66.4 Å². The number of rotatable bonds is 0. The summed E-state index contributed by atoms with van der Waals surface area (Å²) in [5.74, 6) is 2.26. The van der Waals surface area contributed by atoms with Gasteiger partial charge in [-0.2, -0.15) is 0 Å². The van der Waals surface area contributed by atoms with E-state index in [1.54, 1.807) is 0 Å². The Hall–Kier alpha value is -0.110. The molecule has 2 heteroatoms. The van der Waals surface area contributed by atoms with E-state index in [0.717, 1.165) is 25.9 Å². The molecule has 1 N–H and O–H groups in total. The Kier molecular flexibility index (Phi) is 1.15. The van der Waals surface area contributed by atoms with Gasteiger partial charge in [0.25, 0.3) is 0 Å². The van der Waals surface area contributed by atoms with E-state index in [1.165, 1.54) is 0 Å². The standard InChI is InChI=1S/C9H14FN/c10-9-5-1-2-6(9)8-4-11-3-7(5)8/h5-9,11H,1-4H2. The van der Waals surface area contributed by atoms with E-state index in [2.05, 4.69) is 5.32 Å². The van der Waals surface area contributed by atoms with Crippen molar-refractivity contribution in [1.29, 1.82) is 0 Å². The first kappa shape index (κ1) is 6.41. The predicted octanol–water partition coefficient (Wildman–Crippen LogP) is 1.20. The Morgan fingerprint density at radius 3 is 2.00 bits per heavy atom. The Morgan fingerprint density at radius 2 is 1.45 bits per heavy atom. The second-order valence-electron chi connectivity index (χ2n) is 4.34. The van der Waals surface area contributed by atoms with Gasteiger partial charge in [-0.1, -0.05) is 0 Å². The fourth-order valence-electron chi connectivity index (χ4n) is 3.58. The molecule has 0 amide bonds. The number of hydrogen-bond donors (Lipinski definition) is 1. The second kappa shape index (κ2) is 1.98. The minimum absolute atomic E-state index is 0.431. The van der Waals surface area contributed by atoms with Crippen LogP contribution in [-0.4, -0.2) is 19.3 Å². The molecule has 1 nitrogen and oxygen atoms in total. The molecule has 3 fully saturated rings. The van der Waals surface area contributed by atoms with Crippen LogP contribution in [0.15, 0.2) is 0 Å². The number of halogens is 1. The molecule has 2 aliphatic carbocycles. The molecule has 3 aliphatic rings. The van der Waals surface area contributed by atoms with Gasteiger partial charge in [0.15, 0.2) is 0 Å². The minimum Gasteiger partial charge on any atom is -0.316 e. The lowest BCUT2D eigenvalue weighted by Crippen LogP contribution is -2.19. The summed E-state index contributed by atoms with van der Waals surface area (Å²) in [6.45, 7) is 2.18. The molecule has 0 spiro atoms. The summed E-state index contributed by atoms with van der Waals surface area (Å²) in [4.78, 5) is 0. The van der Waals surface area contributed by atoms with Gasteiger partial charge < -0.3 is 5.32 Å². The van der Waals surface area contributed by atoms with E-state index in [4.69, 9.17) is 0 Å². The van der Waals surface area contributed by atoms with Gasteiger partial charge in [0.1, 0.15) is 6.17 Å². The van der Waals surface area contributed by atoms with E-state index < -0.39 is 6.17 Å². The summed E-state index contributed by atoms with van der Waals surface area (Å²) in [5.41, 5.74) is 0. The third kappa shape index (κ3) is 0.645. The van der Waals surface area contributed by atoms with Gasteiger partial charge in [0.2, 0.25) is 0 Å². The highest BCUT2D eigenvalue weighted by Crippen LogP contribution is 2.54. The molecule has 1 heterocycles. The van der Waals surface area contributed by atoms with Crippen LogP contribution in [0, 0.1) is 23.7 Å². The molecule has 1 aliphatic heterocycles. The number of nitrogens with one attached hydrogen (secondary N) is 1. The van der Waals surface area contributed by atoms with Crippen LogP contribution in [0.1, 0.15) is 12.8 Å². The van der Waals surface area contributed by atoms with Gasteiger partial charge in [-0.05, 0) is 49.6 Å². The maximum Gasteiger partial charge on any atom is 0.106 e. The summed E-state index contributed by atoms with van der Waals surface area (Å²) >= 11 is 0. The number of fused-ring (bicyclic) bond motifs is 5. The lowest BCUT2D eigenvalue weighted by atomic mass is 9.82. The van der Waals surface area contributed by atoms with Crippen molar-refractivity contribution in [3.63, 3.8) is 0 Å². The molecule has 0 aromatic rings. The molecule has 0 radical (unpaired) electrons. The van der Waals surface area contributed by atoms with Crippen molar-refractivity contribution in [2.24, 2.45) is 23.7 Å². The van der Waals surface area contributed by atoms with Gasteiger partial charge in [-0.3, -0.25) is 0 Å². The predicted molar refractivity (Wildman–Crippen MR) is 41.0 cm³/mol. The molecule has 2 bridgehead atoms.